The molecule has 1 aromatic rings. The molecule has 2 nitrogen and oxygen atoms in total. The monoisotopic (exact) mass is 236 g/mol. The summed E-state index contributed by atoms with van der Waals surface area (Å²) in [6.07, 6.45) is 0. The van der Waals surface area contributed by atoms with E-state index < -0.39 is 7.25 Å². The van der Waals surface area contributed by atoms with E-state index in [0.29, 0.717) is 5.43 Å². The summed E-state index contributed by atoms with van der Waals surface area (Å²) >= 11 is 0. The smallest absolute Gasteiger partial charge is 0.418 e. The van der Waals surface area contributed by atoms with Crippen molar-refractivity contribution in [1.29, 1.82) is 0 Å². The first kappa shape index (κ1) is 14.3. The molecule has 0 saturated carbocycles. The third-order valence-corrected chi connectivity index (χ3v) is 1.12. The van der Waals surface area contributed by atoms with Gasteiger partial charge in [-0.05, 0) is 0 Å². The van der Waals surface area contributed by atoms with Crippen molar-refractivity contribution in [1.82, 2.24) is 0 Å². The van der Waals surface area contributed by atoms with Crippen LogP contribution in [0.1, 0.15) is 6.92 Å². The molecule has 0 saturated heterocycles. The molecule has 0 heterocycles. The van der Waals surface area contributed by atoms with Crippen LogP contribution in [0, 0.1) is 0 Å². The van der Waals surface area contributed by atoms with Crippen LogP contribution in [-0.4, -0.2) is 13.2 Å². The molecule has 16 heavy (non-hydrogen) atoms. The zero-order valence-corrected chi connectivity index (χ0v) is 8.37. The van der Waals surface area contributed by atoms with Crippen molar-refractivity contribution in [3.63, 3.8) is 0 Å². The largest absolute Gasteiger partial charge is 0.673 e. The van der Waals surface area contributed by atoms with E-state index in [2.05, 4.69) is 0 Å². The van der Waals surface area contributed by atoms with Crippen LogP contribution in [0.25, 0.3) is 0 Å². The summed E-state index contributed by atoms with van der Waals surface area (Å²) in [6, 6.07) is 10.8. The quantitative estimate of drug-likeness (QED) is 0.386. The van der Waals surface area contributed by atoms with Crippen LogP contribution in [0.3, 0.4) is 0 Å². The number of hydrogen-bond donors (Lipinski definition) is 0. The van der Waals surface area contributed by atoms with E-state index in [9.17, 15) is 22.1 Å². The second-order valence-electron chi connectivity index (χ2n) is 2.59. The summed E-state index contributed by atoms with van der Waals surface area (Å²) in [5.41, 5.74) is 0.572. The molecule has 0 aromatic heterocycles. The van der Waals surface area contributed by atoms with Gasteiger partial charge in [0.05, 0.1) is 0 Å². The Hall–Kier alpha value is -1.66. The Labute approximate surface area is 89.3 Å². The van der Waals surface area contributed by atoms with Crippen LogP contribution < -0.4 is 5.43 Å². The minimum atomic E-state index is -6.00. The molecule has 0 atom stereocenters. The fraction of sp³-hybridized carbons (Fsp3) is 0.111. The SMILES string of the molecule is CC(=O)[O+]=c1cccccc1.F[B-](F)(F)F. The summed E-state index contributed by atoms with van der Waals surface area (Å²) in [6.45, 7) is 1.38. The van der Waals surface area contributed by atoms with Gasteiger partial charge in [0.15, 0.2) is 0 Å². The lowest BCUT2D eigenvalue weighted by Crippen LogP contribution is -2.02. The average molecular weight is 236 g/mol. The molecule has 0 aliphatic carbocycles. The Balaban J connectivity index is 0.000000385. The lowest BCUT2D eigenvalue weighted by atomic mass is 10.3. The Morgan fingerprint density at radius 2 is 1.44 bits per heavy atom. The highest BCUT2D eigenvalue weighted by Crippen LogP contribution is 2.06. The van der Waals surface area contributed by atoms with Crippen molar-refractivity contribution in [3.05, 3.63) is 46.3 Å². The van der Waals surface area contributed by atoms with E-state index >= 15 is 0 Å². The standard InChI is InChI=1S/C9H9O2.BF4/c1-8(10)11-9-6-4-2-3-5-7-9;2-1(3,4)5/h2-7H,1H3;/q+1;-1. The molecule has 0 amide bonds. The van der Waals surface area contributed by atoms with Crippen LogP contribution in [0.2, 0.25) is 0 Å². The van der Waals surface area contributed by atoms with Crippen molar-refractivity contribution in [3.8, 4) is 0 Å². The second kappa shape index (κ2) is 6.76. The highest BCUT2D eigenvalue weighted by atomic mass is 19.5. The molecule has 0 aliphatic rings. The van der Waals surface area contributed by atoms with E-state index in [-0.39, 0.29) is 5.97 Å². The molecule has 0 radical (unpaired) electrons. The van der Waals surface area contributed by atoms with Crippen LogP contribution in [0.15, 0.2) is 40.8 Å². The minimum Gasteiger partial charge on any atom is -0.418 e. The molecule has 88 valence electrons. The van der Waals surface area contributed by atoms with Crippen LogP contribution in [-0.2, 0) is 4.79 Å². The van der Waals surface area contributed by atoms with E-state index in [1.165, 1.54) is 6.92 Å². The Kier molecular flexibility index (Phi) is 6.06. The molecule has 0 N–H and O–H groups in total. The summed E-state index contributed by atoms with van der Waals surface area (Å²) in [5, 5.41) is 0. The van der Waals surface area contributed by atoms with Crippen LogP contribution >= 0.6 is 0 Å². The van der Waals surface area contributed by atoms with E-state index in [4.69, 9.17) is 4.42 Å². The van der Waals surface area contributed by atoms with Gasteiger partial charge < -0.3 is 17.3 Å². The van der Waals surface area contributed by atoms with Gasteiger partial charge in [-0.25, -0.2) is 0 Å². The fourth-order valence-corrected chi connectivity index (χ4v) is 0.719. The van der Waals surface area contributed by atoms with Gasteiger partial charge in [0.1, 0.15) is 6.92 Å². The van der Waals surface area contributed by atoms with Crippen molar-refractivity contribution in [2.45, 2.75) is 6.92 Å². The van der Waals surface area contributed by atoms with Gasteiger partial charge in [0.2, 0.25) is 5.43 Å². The first-order valence-electron chi connectivity index (χ1n) is 4.23. The van der Waals surface area contributed by atoms with Crippen molar-refractivity contribution >= 4 is 13.2 Å². The Morgan fingerprint density at radius 3 is 1.75 bits per heavy atom. The normalized spacial score (nSPS) is 9.81. The van der Waals surface area contributed by atoms with Gasteiger partial charge >= 0.3 is 13.2 Å². The highest BCUT2D eigenvalue weighted by molar-refractivity contribution is 6.50. The zero-order chi connectivity index (χ0) is 12.6. The molecule has 1 rings (SSSR count). The third kappa shape index (κ3) is 12.3. The maximum absolute atomic E-state index is 10.5. The average Bonchev–Trinajstić information content (AvgIpc) is 2.28. The van der Waals surface area contributed by atoms with Crippen LogP contribution in [0.5, 0.6) is 0 Å². The fourth-order valence-electron chi connectivity index (χ4n) is 0.719. The number of rotatable bonds is 0. The van der Waals surface area contributed by atoms with E-state index in [0.717, 1.165) is 0 Å². The zero-order valence-electron chi connectivity index (χ0n) is 8.37. The topological polar surface area (TPSA) is 28.4 Å². The number of hydrogen-bond acceptors (Lipinski definition) is 1. The second-order valence-corrected chi connectivity index (χ2v) is 2.59. The summed E-state index contributed by atoms with van der Waals surface area (Å²) in [7, 11) is -6.00. The lowest BCUT2D eigenvalue weighted by Gasteiger charge is -1.94. The van der Waals surface area contributed by atoms with Gasteiger partial charge in [-0.3, -0.25) is 4.42 Å². The third-order valence-electron chi connectivity index (χ3n) is 1.12. The van der Waals surface area contributed by atoms with Gasteiger partial charge in [-0.1, -0.05) is 24.3 Å². The van der Waals surface area contributed by atoms with Gasteiger partial charge in [-0.15, -0.1) is 0 Å². The molecule has 0 spiro atoms. The summed E-state index contributed by atoms with van der Waals surface area (Å²) in [4.78, 5) is 10.5. The molecule has 0 bridgehead atoms. The van der Waals surface area contributed by atoms with Gasteiger partial charge in [-0.2, -0.15) is 0 Å². The summed E-state index contributed by atoms with van der Waals surface area (Å²) < 4.78 is 43.8. The highest BCUT2D eigenvalue weighted by Gasteiger charge is 2.20. The van der Waals surface area contributed by atoms with E-state index in [1.807, 2.05) is 24.3 Å². The molecule has 0 fully saturated rings. The molecule has 0 unspecified atom stereocenters. The maximum Gasteiger partial charge on any atom is 0.673 e. The molecular formula is C9H9BF4O2. The Bertz CT molecular complexity index is 375. The predicted octanol–water partition coefficient (Wildman–Crippen LogP) is 2.43. The summed E-state index contributed by atoms with van der Waals surface area (Å²) in [5.74, 6) is -0.295. The van der Waals surface area contributed by atoms with E-state index in [1.54, 1.807) is 12.1 Å². The first-order chi connectivity index (χ1) is 7.29. The number of halogens is 4. The minimum absolute atomic E-state index is 0.295. The van der Waals surface area contributed by atoms with Gasteiger partial charge in [0, 0.05) is 16.9 Å². The number of carbonyl (C=O) groups is 1. The molecule has 7 heteroatoms. The lowest BCUT2D eigenvalue weighted by molar-refractivity contribution is -0.113. The van der Waals surface area contributed by atoms with Crippen molar-refractivity contribution in [2.75, 3.05) is 0 Å². The molecular weight excluding hydrogens is 227 g/mol. The number of carbonyl (C=O) groups excluding carboxylic acids is 1. The maximum atomic E-state index is 10.5. The Morgan fingerprint density at radius 1 is 1.06 bits per heavy atom. The first-order valence-corrected chi connectivity index (χ1v) is 4.23. The van der Waals surface area contributed by atoms with Gasteiger partial charge in [0.25, 0.3) is 0 Å². The van der Waals surface area contributed by atoms with Crippen molar-refractivity contribution < 1.29 is 22.1 Å². The van der Waals surface area contributed by atoms with Crippen molar-refractivity contribution in [2.24, 2.45) is 0 Å². The molecule has 1 aromatic carbocycles. The predicted molar refractivity (Wildman–Crippen MR) is 53.6 cm³/mol. The van der Waals surface area contributed by atoms with Crippen LogP contribution in [0.4, 0.5) is 17.3 Å². The molecule has 0 aliphatic heterocycles.